The van der Waals surface area contributed by atoms with Gasteiger partial charge in [-0.15, -0.1) is 23.1 Å². The van der Waals surface area contributed by atoms with Gasteiger partial charge in [0.2, 0.25) is 5.91 Å². The van der Waals surface area contributed by atoms with Crippen molar-refractivity contribution in [2.24, 2.45) is 0 Å². The molecule has 4 aromatic rings. The number of nitrogens with zero attached hydrogens (tertiary/aromatic N) is 5. The van der Waals surface area contributed by atoms with Crippen LogP contribution in [-0.2, 0) is 11.0 Å². The van der Waals surface area contributed by atoms with Crippen LogP contribution in [-0.4, -0.2) is 59.3 Å². The van der Waals surface area contributed by atoms with Gasteiger partial charge in [0.1, 0.15) is 22.7 Å². The number of carbonyl (C=O) groups excluding carboxylic acids is 1. The van der Waals surface area contributed by atoms with Gasteiger partial charge in [-0.1, -0.05) is 12.6 Å². The van der Waals surface area contributed by atoms with E-state index in [9.17, 15) is 14.9 Å². The van der Waals surface area contributed by atoms with Crippen molar-refractivity contribution < 1.29 is 22.4 Å². The van der Waals surface area contributed by atoms with Crippen LogP contribution in [0.25, 0.3) is 32.1 Å². The molecule has 4 heterocycles. The first-order valence-corrected chi connectivity index (χ1v) is 15.1. The molecule has 1 amide bonds. The average molecular weight is 629 g/mol. The zero-order valence-electron chi connectivity index (χ0n) is 23.0. The molecule has 0 spiro atoms. The molecule has 2 aliphatic heterocycles. The van der Waals surface area contributed by atoms with E-state index in [1.165, 1.54) is 28.5 Å². The molecule has 2 aliphatic rings. The highest BCUT2D eigenvalue weighted by Gasteiger charge is 2.40. The molecule has 0 aliphatic carbocycles. The average Bonchev–Trinajstić information content (AvgIpc) is 3.38. The summed E-state index contributed by atoms with van der Waals surface area (Å²) in [5, 5.41) is 13.4. The SMILES string of the molecule is C=CC(=O)N1CCN(c2nc(=O)n3c4c(c(-c5ccc(F)c6sc(NC)c(C#N)c56)c(C(F)(F)F)cc24)SCC3C)CC1. The molecular formula is C29H24F4N6O2S2. The number of alkyl halides is 3. The Morgan fingerprint density at radius 1 is 1.26 bits per heavy atom. The lowest BCUT2D eigenvalue weighted by molar-refractivity contribution is -0.137. The van der Waals surface area contributed by atoms with E-state index in [0.29, 0.717) is 16.3 Å². The maximum atomic E-state index is 15.0. The van der Waals surface area contributed by atoms with E-state index in [2.05, 4.69) is 16.9 Å². The second kappa shape index (κ2) is 10.6. The number of halogens is 4. The zero-order valence-corrected chi connectivity index (χ0v) is 24.6. The van der Waals surface area contributed by atoms with Gasteiger partial charge in [0.25, 0.3) is 0 Å². The Labute approximate surface area is 251 Å². The number of benzene rings is 2. The molecule has 43 heavy (non-hydrogen) atoms. The standard InChI is InChI=1S/C29H24F4N6O2S2/c1-4-20(40)37-7-9-38(10-8-37)26-16-11-18(29(31,32)33)22(25-23(16)39(28(41)36-26)14(2)13-42-25)15-5-6-19(30)24-21(15)17(12-34)27(35-3)43-24/h4-6,11,14,35H,1,7-10,13H2,2-3H3. The first-order chi connectivity index (χ1) is 20.5. The maximum absolute atomic E-state index is 15.0. The quantitative estimate of drug-likeness (QED) is 0.224. The Balaban J connectivity index is 1.70. The van der Waals surface area contributed by atoms with Crippen LogP contribution in [0.4, 0.5) is 28.4 Å². The molecule has 1 atom stereocenters. The summed E-state index contributed by atoms with van der Waals surface area (Å²) in [6.45, 7) is 6.40. The lowest BCUT2D eigenvalue weighted by atomic mass is 9.92. The number of hydrogen-bond donors (Lipinski definition) is 1. The minimum Gasteiger partial charge on any atom is -0.379 e. The third kappa shape index (κ3) is 4.53. The molecule has 0 radical (unpaired) electrons. The van der Waals surface area contributed by atoms with E-state index in [0.717, 1.165) is 23.5 Å². The number of nitrogens with one attached hydrogen (secondary N) is 1. The normalized spacial score (nSPS) is 16.9. The molecule has 1 fully saturated rings. The largest absolute Gasteiger partial charge is 0.417 e. The predicted molar refractivity (Wildman–Crippen MR) is 160 cm³/mol. The third-order valence-corrected chi connectivity index (χ3v) is 10.4. The van der Waals surface area contributed by atoms with E-state index >= 15 is 17.6 Å². The zero-order chi connectivity index (χ0) is 30.8. The monoisotopic (exact) mass is 628 g/mol. The van der Waals surface area contributed by atoms with Gasteiger partial charge in [0.05, 0.1) is 21.3 Å². The number of thioether (sulfide) groups is 1. The van der Waals surface area contributed by atoms with Crippen LogP contribution in [0.1, 0.15) is 24.1 Å². The Kier molecular flexibility index (Phi) is 7.13. The molecule has 2 aromatic carbocycles. The van der Waals surface area contributed by atoms with Gasteiger partial charge in [-0.3, -0.25) is 9.36 Å². The topological polar surface area (TPSA) is 94.3 Å². The summed E-state index contributed by atoms with van der Waals surface area (Å²) >= 11 is 2.15. The van der Waals surface area contributed by atoms with Crippen LogP contribution >= 0.6 is 23.1 Å². The highest BCUT2D eigenvalue weighted by Crippen LogP contribution is 2.52. The van der Waals surface area contributed by atoms with Gasteiger partial charge in [0, 0.05) is 66.3 Å². The van der Waals surface area contributed by atoms with Gasteiger partial charge in [-0.2, -0.15) is 23.4 Å². The molecule has 1 saturated heterocycles. The molecule has 1 N–H and O–H groups in total. The van der Waals surface area contributed by atoms with Crippen molar-refractivity contribution in [1.29, 1.82) is 5.26 Å². The van der Waals surface area contributed by atoms with Crippen LogP contribution in [0, 0.1) is 17.1 Å². The van der Waals surface area contributed by atoms with Crippen LogP contribution in [0.2, 0.25) is 0 Å². The Morgan fingerprint density at radius 2 is 1.98 bits per heavy atom. The molecule has 6 rings (SSSR count). The fourth-order valence-corrected chi connectivity index (χ4v) is 8.15. The minimum atomic E-state index is -4.84. The van der Waals surface area contributed by atoms with E-state index < -0.39 is 23.2 Å². The maximum Gasteiger partial charge on any atom is 0.417 e. The predicted octanol–water partition coefficient (Wildman–Crippen LogP) is 5.85. The summed E-state index contributed by atoms with van der Waals surface area (Å²) in [6.07, 6.45) is -3.64. The van der Waals surface area contributed by atoms with Gasteiger partial charge in [-0.05, 0) is 30.7 Å². The molecule has 8 nitrogen and oxygen atoms in total. The second-order valence-electron chi connectivity index (χ2n) is 10.3. The van der Waals surface area contributed by atoms with Crippen molar-refractivity contribution in [2.75, 3.05) is 49.2 Å². The summed E-state index contributed by atoms with van der Waals surface area (Å²) in [6, 6.07) is 5.07. The smallest absolute Gasteiger partial charge is 0.379 e. The van der Waals surface area contributed by atoms with Crippen LogP contribution in [0.5, 0.6) is 0 Å². The summed E-state index contributed by atoms with van der Waals surface area (Å²) in [7, 11) is 1.56. The van der Waals surface area contributed by atoms with Gasteiger partial charge in [-0.25, -0.2) is 9.18 Å². The number of amides is 1. The molecule has 14 heteroatoms. The lowest BCUT2D eigenvalue weighted by Crippen LogP contribution is -2.49. The summed E-state index contributed by atoms with van der Waals surface area (Å²) in [5.41, 5.74) is -1.35. The lowest BCUT2D eigenvalue weighted by Gasteiger charge is -2.36. The van der Waals surface area contributed by atoms with Crippen molar-refractivity contribution in [1.82, 2.24) is 14.5 Å². The van der Waals surface area contributed by atoms with Crippen molar-refractivity contribution >= 4 is 60.8 Å². The number of piperazine rings is 1. The Hall–Kier alpha value is -4.09. The van der Waals surface area contributed by atoms with Crippen molar-refractivity contribution in [3.63, 3.8) is 0 Å². The van der Waals surface area contributed by atoms with Gasteiger partial charge >= 0.3 is 11.9 Å². The van der Waals surface area contributed by atoms with Gasteiger partial charge in [0.15, 0.2) is 0 Å². The highest BCUT2D eigenvalue weighted by atomic mass is 32.2. The van der Waals surface area contributed by atoms with E-state index in [1.54, 1.807) is 23.8 Å². The van der Waals surface area contributed by atoms with Crippen molar-refractivity contribution in [2.45, 2.75) is 24.0 Å². The first-order valence-electron chi connectivity index (χ1n) is 13.3. The number of hydrogen-bond acceptors (Lipinski definition) is 8. The van der Waals surface area contributed by atoms with Gasteiger partial charge < -0.3 is 15.1 Å². The number of rotatable bonds is 4. The first kappa shape index (κ1) is 29.0. The molecule has 1 unspecified atom stereocenters. The van der Waals surface area contributed by atoms with E-state index in [4.69, 9.17) is 0 Å². The third-order valence-electron chi connectivity index (χ3n) is 7.82. The second-order valence-corrected chi connectivity index (χ2v) is 12.3. The summed E-state index contributed by atoms with van der Waals surface area (Å²) in [4.78, 5) is 33.4. The Bertz CT molecular complexity index is 1940. The van der Waals surface area contributed by atoms with E-state index in [-0.39, 0.29) is 81.0 Å². The van der Waals surface area contributed by atoms with Crippen LogP contribution in [0.15, 0.2) is 40.5 Å². The van der Waals surface area contributed by atoms with Crippen LogP contribution < -0.4 is 15.9 Å². The van der Waals surface area contributed by atoms with Crippen molar-refractivity contribution in [3.8, 4) is 17.2 Å². The molecular weight excluding hydrogens is 604 g/mol. The molecule has 0 bridgehead atoms. The number of nitriles is 1. The van der Waals surface area contributed by atoms with Crippen LogP contribution in [0.3, 0.4) is 0 Å². The highest BCUT2D eigenvalue weighted by molar-refractivity contribution is 7.99. The number of carbonyl (C=O) groups is 1. The molecule has 222 valence electrons. The summed E-state index contributed by atoms with van der Waals surface area (Å²) in [5.74, 6) is -0.481. The fraction of sp³-hybridized carbons (Fsp3) is 0.310. The number of anilines is 2. The number of fused-ring (bicyclic) bond motifs is 1. The van der Waals surface area contributed by atoms with E-state index in [1.807, 2.05) is 6.07 Å². The number of thiophene rings is 1. The molecule has 2 aromatic heterocycles. The minimum absolute atomic E-state index is 0.0475. The molecule has 0 saturated carbocycles. The summed E-state index contributed by atoms with van der Waals surface area (Å²) < 4.78 is 61.6. The number of aromatic nitrogens is 2. The fourth-order valence-electron chi connectivity index (χ4n) is 5.85. The Morgan fingerprint density at radius 3 is 2.60 bits per heavy atom. The van der Waals surface area contributed by atoms with Crippen molar-refractivity contribution in [3.05, 3.63) is 58.3 Å².